The molecule has 0 radical (unpaired) electrons. The summed E-state index contributed by atoms with van der Waals surface area (Å²) in [4.78, 5) is 8.76. The van der Waals surface area contributed by atoms with E-state index in [0.717, 1.165) is 12.2 Å². The molecule has 0 aliphatic heterocycles. The van der Waals surface area contributed by atoms with E-state index in [0.29, 0.717) is 23.4 Å². The predicted octanol–water partition coefficient (Wildman–Crippen LogP) is 3.68. The molecule has 1 fully saturated rings. The molecule has 2 aromatic rings. The van der Waals surface area contributed by atoms with E-state index < -0.39 is 0 Å². The second kappa shape index (κ2) is 6.57. The molecular weight excluding hydrogens is 262 g/mol. The number of aromatic nitrogens is 2. The fraction of sp³-hybridized carbons (Fsp3) is 0.412. The van der Waals surface area contributed by atoms with Crippen molar-refractivity contribution >= 4 is 5.82 Å². The van der Waals surface area contributed by atoms with Crippen molar-refractivity contribution in [2.24, 2.45) is 5.92 Å². The van der Waals surface area contributed by atoms with Gasteiger partial charge in [0, 0.05) is 11.6 Å². The molecule has 0 atom stereocenters. The molecule has 0 bridgehead atoms. The van der Waals surface area contributed by atoms with Crippen molar-refractivity contribution in [1.82, 2.24) is 9.97 Å². The summed E-state index contributed by atoms with van der Waals surface area (Å²) in [7, 11) is 0. The average molecular weight is 283 g/mol. The van der Waals surface area contributed by atoms with E-state index in [1.165, 1.54) is 32.1 Å². The summed E-state index contributed by atoms with van der Waals surface area (Å²) < 4.78 is 5.86. The maximum atomic E-state index is 5.87. The van der Waals surface area contributed by atoms with Gasteiger partial charge in [-0.25, -0.2) is 4.98 Å². The fourth-order valence-corrected chi connectivity index (χ4v) is 2.79. The topological polar surface area (TPSA) is 61.0 Å². The van der Waals surface area contributed by atoms with E-state index in [-0.39, 0.29) is 0 Å². The van der Waals surface area contributed by atoms with Gasteiger partial charge >= 0.3 is 0 Å². The highest BCUT2D eigenvalue weighted by atomic mass is 16.5. The summed E-state index contributed by atoms with van der Waals surface area (Å²) in [6.45, 7) is 0.727. The standard InChI is InChI=1S/C17H21N3O/c18-15-11-16(21-12-13-7-3-1-4-8-13)20-17(19-15)14-9-5-2-6-10-14/h2,5-6,9-11,13H,1,3-4,7-8,12H2,(H2,18,19,20). The molecule has 110 valence electrons. The largest absolute Gasteiger partial charge is 0.477 e. The summed E-state index contributed by atoms with van der Waals surface area (Å²) in [5, 5.41) is 0. The van der Waals surface area contributed by atoms with E-state index in [1.807, 2.05) is 30.3 Å². The van der Waals surface area contributed by atoms with Crippen LogP contribution in [0.15, 0.2) is 36.4 Å². The monoisotopic (exact) mass is 283 g/mol. The average Bonchev–Trinajstić information content (AvgIpc) is 2.54. The molecule has 0 saturated heterocycles. The first-order valence-electron chi connectivity index (χ1n) is 7.64. The second-order valence-electron chi connectivity index (χ2n) is 5.64. The van der Waals surface area contributed by atoms with Gasteiger partial charge in [0.25, 0.3) is 0 Å². The van der Waals surface area contributed by atoms with Crippen molar-refractivity contribution < 1.29 is 4.74 Å². The summed E-state index contributed by atoms with van der Waals surface area (Å²) >= 11 is 0. The smallest absolute Gasteiger partial charge is 0.219 e. The summed E-state index contributed by atoms with van der Waals surface area (Å²) in [5.74, 6) is 2.29. The van der Waals surface area contributed by atoms with Crippen LogP contribution in [0.1, 0.15) is 32.1 Å². The van der Waals surface area contributed by atoms with Crippen LogP contribution >= 0.6 is 0 Å². The third kappa shape index (κ3) is 3.72. The van der Waals surface area contributed by atoms with Crippen molar-refractivity contribution in [3.8, 4) is 17.3 Å². The van der Waals surface area contributed by atoms with Gasteiger partial charge in [0.2, 0.25) is 5.88 Å². The molecule has 1 aromatic heterocycles. The zero-order valence-electron chi connectivity index (χ0n) is 12.2. The van der Waals surface area contributed by atoms with Gasteiger partial charge in [-0.2, -0.15) is 4.98 Å². The van der Waals surface area contributed by atoms with Gasteiger partial charge in [0.05, 0.1) is 6.61 Å². The maximum Gasteiger partial charge on any atom is 0.219 e. The second-order valence-corrected chi connectivity index (χ2v) is 5.64. The number of hydrogen-bond donors (Lipinski definition) is 1. The fourth-order valence-electron chi connectivity index (χ4n) is 2.79. The normalized spacial score (nSPS) is 15.8. The van der Waals surface area contributed by atoms with Crippen LogP contribution in [0.5, 0.6) is 5.88 Å². The molecule has 0 unspecified atom stereocenters. The zero-order valence-corrected chi connectivity index (χ0v) is 12.2. The van der Waals surface area contributed by atoms with Crippen LogP contribution in [-0.4, -0.2) is 16.6 Å². The Balaban J connectivity index is 1.72. The molecule has 4 heteroatoms. The summed E-state index contributed by atoms with van der Waals surface area (Å²) in [6, 6.07) is 11.5. The minimum Gasteiger partial charge on any atom is -0.477 e. The van der Waals surface area contributed by atoms with E-state index in [4.69, 9.17) is 10.5 Å². The number of anilines is 1. The molecule has 1 aliphatic rings. The lowest BCUT2D eigenvalue weighted by Gasteiger charge is -2.21. The molecule has 0 amide bonds. The van der Waals surface area contributed by atoms with Crippen LogP contribution in [-0.2, 0) is 0 Å². The van der Waals surface area contributed by atoms with E-state index >= 15 is 0 Å². The Morgan fingerprint density at radius 2 is 1.81 bits per heavy atom. The Hall–Kier alpha value is -2.10. The third-order valence-corrected chi connectivity index (χ3v) is 3.95. The van der Waals surface area contributed by atoms with Crippen LogP contribution < -0.4 is 10.5 Å². The molecule has 2 N–H and O–H groups in total. The first-order chi connectivity index (χ1) is 10.3. The molecule has 1 saturated carbocycles. The van der Waals surface area contributed by atoms with Crippen LogP contribution in [0.25, 0.3) is 11.4 Å². The van der Waals surface area contributed by atoms with Gasteiger partial charge in [0.1, 0.15) is 5.82 Å². The quantitative estimate of drug-likeness (QED) is 0.929. The number of nitrogens with zero attached hydrogens (tertiary/aromatic N) is 2. The van der Waals surface area contributed by atoms with Crippen LogP contribution in [0.4, 0.5) is 5.82 Å². The minimum atomic E-state index is 0.447. The number of hydrogen-bond acceptors (Lipinski definition) is 4. The predicted molar refractivity (Wildman–Crippen MR) is 84.0 cm³/mol. The lowest BCUT2D eigenvalue weighted by atomic mass is 9.90. The molecule has 4 nitrogen and oxygen atoms in total. The van der Waals surface area contributed by atoms with Gasteiger partial charge in [-0.1, -0.05) is 49.6 Å². The molecule has 1 heterocycles. The van der Waals surface area contributed by atoms with Crippen molar-refractivity contribution in [1.29, 1.82) is 0 Å². The SMILES string of the molecule is Nc1cc(OCC2CCCCC2)nc(-c2ccccc2)n1. The van der Waals surface area contributed by atoms with Crippen LogP contribution in [0.2, 0.25) is 0 Å². The Bertz CT molecular complexity index is 580. The first kappa shape index (κ1) is 13.9. The number of nitrogens with two attached hydrogens (primary N) is 1. The lowest BCUT2D eigenvalue weighted by molar-refractivity contribution is 0.203. The summed E-state index contributed by atoms with van der Waals surface area (Å²) in [6.07, 6.45) is 6.50. The summed E-state index contributed by atoms with van der Waals surface area (Å²) in [5.41, 5.74) is 6.83. The molecule has 0 spiro atoms. The van der Waals surface area contributed by atoms with Gasteiger partial charge in [-0.15, -0.1) is 0 Å². The zero-order chi connectivity index (χ0) is 14.5. The highest BCUT2D eigenvalue weighted by Crippen LogP contribution is 2.25. The van der Waals surface area contributed by atoms with Gasteiger partial charge in [-0.05, 0) is 18.8 Å². The van der Waals surface area contributed by atoms with Crippen LogP contribution in [0, 0.1) is 5.92 Å². The van der Waals surface area contributed by atoms with Gasteiger partial charge in [-0.3, -0.25) is 0 Å². The highest BCUT2D eigenvalue weighted by Gasteiger charge is 2.15. The van der Waals surface area contributed by atoms with E-state index in [1.54, 1.807) is 6.07 Å². The molecule has 3 rings (SSSR count). The maximum absolute atomic E-state index is 5.87. The van der Waals surface area contributed by atoms with E-state index in [2.05, 4.69) is 9.97 Å². The molecule has 1 aromatic carbocycles. The van der Waals surface area contributed by atoms with Crippen molar-refractivity contribution in [2.45, 2.75) is 32.1 Å². The Kier molecular flexibility index (Phi) is 4.34. The molecule has 21 heavy (non-hydrogen) atoms. The highest BCUT2D eigenvalue weighted by molar-refractivity contribution is 5.57. The Labute approximate surface area is 125 Å². The minimum absolute atomic E-state index is 0.447. The number of benzene rings is 1. The van der Waals surface area contributed by atoms with E-state index in [9.17, 15) is 0 Å². The molecule has 1 aliphatic carbocycles. The number of rotatable bonds is 4. The lowest BCUT2D eigenvalue weighted by Crippen LogP contribution is -2.16. The first-order valence-corrected chi connectivity index (χ1v) is 7.64. The van der Waals surface area contributed by atoms with Crippen molar-refractivity contribution in [3.05, 3.63) is 36.4 Å². The number of nitrogen functional groups attached to an aromatic ring is 1. The Morgan fingerprint density at radius 3 is 2.57 bits per heavy atom. The van der Waals surface area contributed by atoms with Gasteiger partial charge in [0.15, 0.2) is 5.82 Å². The van der Waals surface area contributed by atoms with Crippen molar-refractivity contribution in [3.63, 3.8) is 0 Å². The van der Waals surface area contributed by atoms with Crippen LogP contribution in [0.3, 0.4) is 0 Å². The number of ether oxygens (including phenoxy) is 1. The molecular formula is C17H21N3O. The Morgan fingerprint density at radius 1 is 1.05 bits per heavy atom. The third-order valence-electron chi connectivity index (χ3n) is 3.95. The van der Waals surface area contributed by atoms with Crippen molar-refractivity contribution in [2.75, 3.05) is 12.3 Å². The van der Waals surface area contributed by atoms with Gasteiger partial charge < -0.3 is 10.5 Å².